The fourth-order valence-electron chi connectivity index (χ4n) is 5.32. The summed E-state index contributed by atoms with van der Waals surface area (Å²) in [5.74, 6) is -0.228. The van der Waals surface area contributed by atoms with Gasteiger partial charge in [-0.2, -0.15) is 0 Å². The van der Waals surface area contributed by atoms with Gasteiger partial charge < -0.3 is 34.5 Å². The van der Waals surface area contributed by atoms with Crippen molar-refractivity contribution in [1.82, 2.24) is 19.4 Å². The van der Waals surface area contributed by atoms with Gasteiger partial charge in [0.15, 0.2) is 5.82 Å². The van der Waals surface area contributed by atoms with E-state index in [9.17, 15) is 4.79 Å². The van der Waals surface area contributed by atoms with E-state index in [-0.39, 0.29) is 23.1 Å². The van der Waals surface area contributed by atoms with Crippen LogP contribution in [0.2, 0.25) is 0 Å². The standard InChI is InChI=1S/C32H38FN7O3/c1-8-28(41)35-22-15-23(27(42-7)16-25(22)39(6)19-32(2,3)38(4)5)36-31-34-17-21(33)30(37-31)29-20-11-9-10-12-24(20)40-13-14-43-18-26(29)40/h8-12,15-17H,1,13-14,18-19H2,2-7H3,(H,35,41)(H,34,36,37). The van der Waals surface area contributed by atoms with E-state index in [1.54, 1.807) is 13.2 Å². The van der Waals surface area contributed by atoms with Gasteiger partial charge >= 0.3 is 0 Å². The zero-order valence-corrected chi connectivity index (χ0v) is 25.5. The number of likely N-dealkylation sites (N-methyl/N-ethyl adjacent to an activating group) is 2. The van der Waals surface area contributed by atoms with Gasteiger partial charge in [-0.05, 0) is 46.2 Å². The zero-order valence-electron chi connectivity index (χ0n) is 25.5. The van der Waals surface area contributed by atoms with Crippen molar-refractivity contribution in [3.8, 4) is 17.0 Å². The summed E-state index contributed by atoms with van der Waals surface area (Å²) in [5, 5.41) is 6.99. The second kappa shape index (κ2) is 12.0. The van der Waals surface area contributed by atoms with E-state index in [1.807, 2.05) is 51.5 Å². The maximum atomic E-state index is 15.4. The smallest absolute Gasteiger partial charge is 0.247 e. The van der Waals surface area contributed by atoms with Gasteiger partial charge in [-0.25, -0.2) is 14.4 Å². The molecule has 2 aromatic carbocycles. The Kier molecular flexibility index (Phi) is 8.38. The fraction of sp³-hybridized carbons (Fsp3) is 0.344. The van der Waals surface area contributed by atoms with Crippen molar-refractivity contribution in [1.29, 1.82) is 0 Å². The van der Waals surface area contributed by atoms with Crippen LogP contribution in [0.25, 0.3) is 22.2 Å². The molecule has 4 aromatic rings. The average molecular weight is 588 g/mol. The Bertz CT molecular complexity index is 1680. The van der Waals surface area contributed by atoms with E-state index in [1.165, 1.54) is 6.08 Å². The molecular weight excluding hydrogens is 549 g/mol. The number of nitrogens with zero attached hydrogens (tertiary/aromatic N) is 5. The molecule has 1 amide bonds. The van der Waals surface area contributed by atoms with Crippen LogP contribution in [0.5, 0.6) is 5.75 Å². The van der Waals surface area contributed by atoms with E-state index in [4.69, 9.17) is 9.47 Å². The Morgan fingerprint density at radius 1 is 1.23 bits per heavy atom. The SMILES string of the molecule is C=CC(=O)Nc1cc(Nc2ncc(F)c(-c3c4n(c5ccccc35)CCOC4)n2)c(OC)cc1N(C)CC(C)(C)N(C)C. The number of rotatable bonds is 10. The van der Waals surface area contributed by atoms with Crippen LogP contribution in [0, 0.1) is 5.82 Å². The Morgan fingerprint density at radius 3 is 2.72 bits per heavy atom. The number of amides is 1. The van der Waals surface area contributed by atoms with Crippen LogP contribution in [-0.4, -0.2) is 72.3 Å². The summed E-state index contributed by atoms with van der Waals surface area (Å²) in [6.07, 6.45) is 2.37. The van der Waals surface area contributed by atoms with E-state index < -0.39 is 5.82 Å². The van der Waals surface area contributed by atoms with Gasteiger partial charge in [0.05, 0.1) is 49.3 Å². The summed E-state index contributed by atoms with van der Waals surface area (Å²) in [6, 6.07) is 11.5. The number of anilines is 4. The Hall–Kier alpha value is -4.48. The number of carbonyl (C=O) groups is 1. The minimum atomic E-state index is -0.540. The third-order valence-electron chi connectivity index (χ3n) is 8.01. The van der Waals surface area contributed by atoms with E-state index in [2.05, 4.69) is 55.4 Å². The second-order valence-electron chi connectivity index (χ2n) is 11.4. The van der Waals surface area contributed by atoms with E-state index in [0.717, 1.165) is 28.5 Å². The van der Waals surface area contributed by atoms with E-state index in [0.29, 0.717) is 49.0 Å². The molecule has 0 aliphatic carbocycles. The predicted octanol–water partition coefficient (Wildman–Crippen LogP) is 5.42. The Balaban J connectivity index is 1.57. The first-order chi connectivity index (χ1) is 20.5. The molecule has 226 valence electrons. The highest BCUT2D eigenvalue weighted by molar-refractivity contribution is 6.02. The number of benzene rings is 2. The normalized spacial score (nSPS) is 13.1. The molecule has 43 heavy (non-hydrogen) atoms. The Labute approximate surface area is 251 Å². The molecule has 0 spiro atoms. The van der Waals surface area contributed by atoms with Gasteiger partial charge in [0.25, 0.3) is 0 Å². The van der Waals surface area contributed by atoms with Gasteiger partial charge in [0, 0.05) is 48.2 Å². The maximum Gasteiger partial charge on any atom is 0.247 e. The fourth-order valence-corrected chi connectivity index (χ4v) is 5.32. The topological polar surface area (TPSA) is 96.8 Å². The highest BCUT2D eigenvalue weighted by Crippen LogP contribution is 2.40. The minimum Gasteiger partial charge on any atom is -0.494 e. The number of carbonyl (C=O) groups excluding carboxylic acids is 1. The molecule has 0 saturated heterocycles. The predicted molar refractivity (Wildman–Crippen MR) is 169 cm³/mol. The number of fused-ring (bicyclic) bond motifs is 3. The molecule has 0 unspecified atom stereocenters. The van der Waals surface area contributed by atoms with E-state index >= 15 is 4.39 Å². The molecule has 0 fully saturated rings. The van der Waals surface area contributed by atoms with Gasteiger partial charge in [0.1, 0.15) is 11.4 Å². The Morgan fingerprint density at radius 2 is 2.00 bits per heavy atom. The lowest BCUT2D eigenvalue weighted by Crippen LogP contribution is -2.47. The highest BCUT2D eigenvalue weighted by atomic mass is 19.1. The van der Waals surface area contributed by atoms with Crippen LogP contribution >= 0.6 is 0 Å². The first-order valence-electron chi connectivity index (χ1n) is 14.1. The monoisotopic (exact) mass is 587 g/mol. The second-order valence-corrected chi connectivity index (χ2v) is 11.4. The van der Waals surface area contributed by atoms with Crippen LogP contribution < -0.4 is 20.3 Å². The molecule has 1 aliphatic rings. The van der Waals surface area contributed by atoms with Crippen molar-refractivity contribution in [3.05, 3.63) is 66.8 Å². The van der Waals surface area contributed by atoms with Crippen LogP contribution in [0.15, 0.2) is 55.3 Å². The molecule has 10 nitrogen and oxygen atoms in total. The molecule has 11 heteroatoms. The summed E-state index contributed by atoms with van der Waals surface area (Å²) >= 11 is 0. The summed E-state index contributed by atoms with van der Waals surface area (Å²) in [5.41, 5.74) is 4.36. The molecule has 2 N–H and O–H groups in total. The number of hydrogen-bond acceptors (Lipinski definition) is 8. The maximum absolute atomic E-state index is 15.4. The summed E-state index contributed by atoms with van der Waals surface area (Å²) in [6.45, 7) is 10.2. The number of hydrogen-bond donors (Lipinski definition) is 2. The largest absolute Gasteiger partial charge is 0.494 e. The molecule has 1 aliphatic heterocycles. The van der Waals surface area contributed by atoms with Gasteiger partial charge in [-0.1, -0.05) is 24.8 Å². The van der Waals surface area contributed by atoms with Crippen LogP contribution in [-0.2, 0) is 22.7 Å². The molecule has 5 rings (SSSR count). The van der Waals surface area contributed by atoms with Gasteiger partial charge in [0.2, 0.25) is 11.9 Å². The van der Waals surface area contributed by atoms with Crippen LogP contribution in [0.4, 0.5) is 27.4 Å². The van der Waals surface area contributed by atoms with Crippen molar-refractivity contribution in [2.75, 3.05) is 56.9 Å². The first kappa shape index (κ1) is 30.0. The quantitative estimate of drug-likeness (QED) is 0.238. The average Bonchev–Trinajstić information content (AvgIpc) is 3.32. The number of methoxy groups -OCH3 is 1. The number of aromatic nitrogens is 3. The number of halogens is 1. The van der Waals surface area contributed by atoms with Crippen LogP contribution in [0.1, 0.15) is 19.5 Å². The summed E-state index contributed by atoms with van der Waals surface area (Å²) in [7, 11) is 7.57. The molecular formula is C32H38FN7O3. The zero-order chi connectivity index (χ0) is 30.9. The minimum absolute atomic E-state index is 0.162. The van der Waals surface area contributed by atoms with Crippen molar-refractivity contribution in [2.24, 2.45) is 0 Å². The summed E-state index contributed by atoms with van der Waals surface area (Å²) < 4.78 is 29.1. The molecule has 0 bridgehead atoms. The summed E-state index contributed by atoms with van der Waals surface area (Å²) in [4.78, 5) is 25.5. The van der Waals surface area contributed by atoms with Crippen molar-refractivity contribution in [2.45, 2.75) is 32.5 Å². The molecule has 0 radical (unpaired) electrons. The third kappa shape index (κ3) is 5.91. The van der Waals surface area contributed by atoms with Crippen molar-refractivity contribution < 1.29 is 18.7 Å². The van der Waals surface area contributed by atoms with Crippen molar-refractivity contribution >= 4 is 39.8 Å². The lowest BCUT2D eigenvalue weighted by atomic mass is 10.0. The lowest BCUT2D eigenvalue weighted by Gasteiger charge is -2.37. The number of nitrogens with one attached hydrogen (secondary N) is 2. The van der Waals surface area contributed by atoms with Crippen LogP contribution in [0.3, 0.4) is 0 Å². The van der Waals surface area contributed by atoms with Crippen molar-refractivity contribution in [3.63, 3.8) is 0 Å². The van der Waals surface area contributed by atoms with Gasteiger partial charge in [-0.15, -0.1) is 0 Å². The highest BCUT2D eigenvalue weighted by Gasteiger charge is 2.27. The molecule has 0 atom stereocenters. The number of para-hydroxylation sites is 1. The van der Waals surface area contributed by atoms with Gasteiger partial charge in [-0.3, -0.25) is 4.79 Å². The first-order valence-corrected chi connectivity index (χ1v) is 14.1. The lowest BCUT2D eigenvalue weighted by molar-refractivity contribution is -0.111. The molecule has 2 aromatic heterocycles. The molecule has 0 saturated carbocycles. The third-order valence-corrected chi connectivity index (χ3v) is 8.01. The molecule has 3 heterocycles. The number of ether oxygens (including phenoxy) is 2.